The van der Waals surface area contributed by atoms with E-state index in [1.807, 2.05) is 25.1 Å². The molecule has 0 aliphatic carbocycles. The molecule has 16 heavy (non-hydrogen) atoms. The molecular weight excluding hydrogens is 224 g/mol. The second kappa shape index (κ2) is 5.35. The van der Waals surface area contributed by atoms with E-state index >= 15 is 0 Å². The molecule has 2 nitrogen and oxygen atoms in total. The Morgan fingerprint density at radius 3 is 2.56 bits per heavy atom. The standard InChI is InChI=1S/C13H17ClO2/c1-3-8-13(2,12(15)16)9-10-6-4-5-7-11(10)14/h4-7H,3,8-9H2,1-2H3,(H,15,16). The van der Waals surface area contributed by atoms with Crippen molar-refractivity contribution in [2.45, 2.75) is 33.1 Å². The Hall–Kier alpha value is -1.02. The van der Waals surface area contributed by atoms with E-state index in [-0.39, 0.29) is 0 Å². The van der Waals surface area contributed by atoms with Crippen LogP contribution in [0.2, 0.25) is 5.02 Å². The summed E-state index contributed by atoms with van der Waals surface area (Å²) in [5, 5.41) is 9.92. The van der Waals surface area contributed by atoms with Gasteiger partial charge < -0.3 is 5.11 Å². The van der Waals surface area contributed by atoms with E-state index in [0.717, 1.165) is 12.0 Å². The summed E-state index contributed by atoms with van der Waals surface area (Å²) in [4.78, 5) is 11.3. The lowest BCUT2D eigenvalue weighted by Gasteiger charge is -2.24. The van der Waals surface area contributed by atoms with E-state index in [0.29, 0.717) is 17.9 Å². The summed E-state index contributed by atoms with van der Waals surface area (Å²) < 4.78 is 0. The van der Waals surface area contributed by atoms with E-state index < -0.39 is 11.4 Å². The van der Waals surface area contributed by atoms with Crippen molar-refractivity contribution in [2.75, 3.05) is 0 Å². The van der Waals surface area contributed by atoms with Crippen LogP contribution < -0.4 is 0 Å². The molecule has 0 bridgehead atoms. The highest BCUT2D eigenvalue weighted by Gasteiger charge is 2.32. The second-order valence-electron chi connectivity index (χ2n) is 4.38. The van der Waals surface area contributed by atoms with Crippen molar-refractivity contribution in [3.63, 3.8) is 0 Å². The zero-order valence-electron chi connectivity index (χ0n) is 9.66. The molecule has 0 fully saturated rings. The highest BCUT2D eigenvalue weighted by atomic mass is 35.5. The maximum absolute atomic E-state index is 11.3. The van der Waals surface area contributed by atoms with Gasteiger partial charge in [-0.25, -0.2) is 0 Å². The zero-order chi connectivity index (χ0) is 12.2. The topological polar surface area (TPSA) is 37.3 Å². The lowest BCUT2D eigenvalue weighted by molar-refractivity contribution is -0.148. The van der Waals surface area contributed by atoms with Crippen molar-refractivity contribution in [2.24, 2.45) is 5.41 Å². The van der Waals surface area contributed by atoms with Gasteiger partial charge in [-0.1, -0.05) is 43.1 Å². The Labute approximate surface area is 101 Å². The minimum atomic E-state index is -0.755. The predicted molar refractivity (Wildman–Crippen MR) is 65.8 cm³/mol. The first-order valence-corrected chi connectivity index (χ1v) is 5.84. The van der Waals surface area contributed by atoms with Crippen LogP contribution >= 0.6 is 11.6 Å². The number of benzene rings is 1. The summed E-state index contributed by atoms with van der Waals surface area (Å²) >= 11 is 6.04. The smallest absolute Gasteiger partial charge is 0.309 e. The molecule has 1 N–H and O–H groups in total. The number of rotatable bonds is 5. The second-order valence-corrected chi connectivity index (χ2v) is 4.79. The molecule has 3 heteroatoms. The van der Waals surface area contributed by atoms with Gasteiger partial charge in [0.1, 0.15) is 0 Å². The van der Waals surface area contributed by atoms with Gasteiger partial charge in [-0.2, -0.15) is 0 Å². The molecular formula is C13H17ClO2. The molecule has 0 amide bonds. The van der Waals surface area contributed by atoms with Crippen LogP contribution in [0.4, 0.5) is 0 Å². The van der Waals surface area contributed by atoms with Crippen LogP contribution in [0.15, 0.2) is 24.3 Å². The van der Waals surface area contributed by atoms with E-state index in [1.54, 1.807) is 13.0 Å². The van der Waals surface area contributed by atoms with Gasteiger partial charge >= 0.3 is 5.97 Å². The van der Waals surface area contributed by atoms with E-state index in [9.17, 15) is 9.90 Å². The fourth-order valence-corrected chi connectivity index (χ4v) is 2.09. The van der Waals surface area contributed by atoms with Gasteiger partial charge in [-0.05, 0) is 31.4 Å². The lowest BCUT2D eigenvalue weighted by atomic mass is 9.80. The van der Waals surface area contributed by atoms with Crippen LogP contribution in [-0.2, 0) is 11.2 Å². The van der Waals surface area contributed by atoms with Crippen LogP contribution in [0, 0.1) is 5.41 Å². The maximum atomic E-state index is 11.3. The summed E-state index contributed by atoms with van der Waals surface area (Å²) in [6.07, 6.45) is 2.00. The van der Waals surface area contributed by atoms with Crippen molar-refractivity contribution in [1.29, 1.82) is 0 Å². The Morgan fingerprint density at radius 2 is 2.06 bits per heavy atom. The molecule has 88 valence electrons. The first kappa shape index (κ1) is 13.0. The summed E-state index contributed by atoms with van der Waals surface area (Å²) in [6.45, 7) is 3.77. The molecule has 0 heterocycles. The maximum Gasteiger partial charge on any atom is 0.309 e. The number of halogens is 1. The largest absolute Gasteiger partial charge is 0.481 e. The molecule has 0 radical (unpaired) electrons. The van der Waals surface area contributed by atoms with Crippen LogP contribution in [-0.4, -0.2) is 11.1 Å². The SMILES string of the molecule is CCCC(C)(Cc1ccccc1Cl)C(=O)O. The first-order chi connectivity index (χ1) is 7.49. The van der Waals surface area contributed by atoms with E-state index in [2.05, 4.69) is 0 Å². The van der Waals surface area contributed by atoms with Gasteiger partial charge in [0, 0.05) is 5.02 Å². The van der Waals surface area contributed by atoms with Crippen molar-refractivity contribution < 1.29 is 9.90 Å². The minimum Gasteiger partial charge on any atom is -0.481 e. The number of hydrogen-bond acceptors (Lipinski definition) is 1. The van der Waals surface area contributed by atoms with Crippen LogP contribution in [0.5, 0.6) is 0 Å². The average molecular weight is 241 g/mol. The number of carboxylic acids is 1. The average Bonchev–Trinajstić information content (AvgIpc) is 2.21. The quantitative estimate of drug-likeness (QED) is 0.851. The van der Waals surface area contributed by atoms with Crippen molar-refractivity contribution in [1.82, 2.24) is 0 Å². The Morgan fingerprint density at radius 1 is 1.44 bits per heavy atom. The summed E-state index contributed by atoms with van der Waals surface area (Å²) in [6, 6.07) is 7.42. The third-order valence-electron chi connectivity index (χ3n) is 2.86. The van der Waals surface area contributed by atoms with E-state index in [4.69, 9.17) is 11.6 Å². The summed E-state index contributed by atoms with van der Waals surface area (Å²) in [5.74, 6) is -0.755. The summed E-state index contributed by atoms with van der Waals surface area (Å²) in [7, 11) is 0. The molecule has 1 aromatic carbocycles. The molecule has 0 spiro atoms. The highest BCUT2D eigenvalue weighted by molar-refractivity contribution is 6.31. The predicted octanol–water partition coefficient (Wildman–Crippen LogP) is 3.77. The zero-order valence-corrected chi connectivity index (χ0v) is 10.4. The highest BCUT2D eigenvalue weighted by Crippen LogP contribution is 2.31. The first-order valence-electron chi connectivity index (χ1n) is 5.46. The van der Waals surface area contributed by atoms with Crippen molar-refractivity contribution in [3.8, 4) is 0 Å². The van der Waals surface area contributed by atoms with Gasteiger partial charge in [-0.15, -0.1) is 0 Å². The van der Waals surface area contributed by atoms with Gasteiger partial charge in [0.2, 0.25) is 0 Å². The van der Waals surface area contributed by atoms with Crippen LogP contribution in [0.3, 0.4) is 0 Å². The van der Waals surface area contributed by atoms with Gasteiger partial charge in [0.05, 0.1) is 5.41 Å². The minimum absolute atomic E-state index is 0.482. The molecule has 1 rings (SSSR count). The van der Waals surface area contributed by atoms with Crippen LogP contribution in [0.25, 0.3) is 0 Å². The normalized spacial score (nSPS) is 14.4. The van der Waals surface area contributed by atoms with Crippen molar-refractivity contribution in [3.05, 3.63) is 34.9 Å². The number of aliphatic carboxylic acids is 1. The molecule has 1 atom stereocenters. The molecule has 0 saturated carbocycles. The van der Waals surface area contributed by atoms with E-state index in [1.165, 1.54) is 0 Å². The molecule has 0 aliphatic heterocycles. The van der Waals surface area contributed by atoms with Gasteiger partial charge in [0.15, 0.2) is 0 Å². The Kier molecular flexibility index (Phi) is 4.36. The molecule has 0 aromatic heterocycles. The lowest BCUT2D eigenvalue weighted by Crippen LogP contribution is -2.30. The fourth-order valence-electron chi connectivity index (χ4n) is 1.88. The number of carbonyl (C=O) groups is 1. The molecule has 0 saturated heterocycles. The third-order valence-corrected chi connectivity index (χ3v) is 3.23. The Balaban J connectivity index is 2.92. The van der Waals surface area contributed by atoms with Crippen molar-refractivity contribution >= 4 is 17.6 Å². The van der Waals surface area contributed by atoms with Crippen LogP contribution in [0.1, 0.15) is 32.3 Å². The third kappa shape index (κ3) is 2.99. The molecule has 1 aromatic rings. The number of carboxylic acid groups (broad SMARTS) is 1. The summed E-state index contributed by atoms with van der Waals surface area (Å²) in [5.41, 5.74) is 0.183. The fraction of sp³-hybridized carbons (Fsp3) is 0.462. The molecule has 1 unspecified atom stereocenters. The van der Waals surface area contributed by atoms with Gasteiger partial charge in [0.25, 0.3) is 0 Å². The monoisotopic (exact) mass is 240 g/mol. The molecule has 0 aliphatic rings. The van der Waals surface area contributed by atoms with Gasteiger partial charge in [-0.3, -0.25) is 4.79 Å². The Bertz CT molecular complexity index is 376. The number of hydrogen-bond donors (Lipinski definition) is 1.